The van der Waals surface area contributed by atoms with Gasteiger partial charge in [-0.3, -0.25) is 43.8 Å². The fraction of sp³-hybridized carbons (Fsp3) is 0.667. The van der Waals surface area contributed by atoms with Gasteiger partial charge in [-0.05, 0) is 58.0 Å². The molecule has 24 nitrogen and oxygen atoms in total. The molecule has 0 radical (unpaired) electrons. The van der Waals surface area contributed by atoms with Crippen LogP contribution in [0.5, 0.6) is 0 Å². The van der Waals surface area contributed by atoms with Gasteiger partial charge in [-0.1, -0.05) is 6.42 Å². The van der Waals surface area contributed by atoms with Gasteiger partial charge >= 0.3 is 5.97 Å². The molecule has 0 fully saturated rings. The summed E-state index contributed by atoms with van der Waals surface area (Å²) in [6, 6.07) is -9.06. The summed E-state index contributed by atoms with van der Waals surface area (Å²) in [5.41, 5.74) is 38.0. The van der Waals surface area contributed by atoms with Crippen LogP contribution in [-0.2, 0) is 43.2 Å². The molecule has 0 aromatic heterocycles. The van der Waals surface area contributed by atoms with E-state index in [-0.39, 0.29) is 51.2 Å². The predicted octanol–water partition coefficient (Wildman–Crippen LogP) is -7.03. The predicted molar refractivity (Wildman–Crippen MR) is 192 cm³/mol. The van der Waals surface area contributed by atoms with Crippen molar-refractivity contribution in [2.45, 2.75) is 107 Å². The lowest BCUT2D eigenvalue weighted by atomic mass is 10.0. The Labute approximate surface area is 311 Å². The molecule has 0 aliphatic heterocycles. The average molecular weight is 773 g/mol. The number of hydrogen-bond acceptors (Lipinski definition) is 13. The molecule has 0 saturated carbocycles. The van der Waals surface area contributed by atoms with Crippen molar-refractivity contribution in [1.82, 2.24) is 31.9 Å². The van der Waals surface area contributed by atoms with E-state index in [1.165, 1.54) is 0 Å². The van der Waals surface area contributed by atoms with Crippen molar-refractivity contribution in [3.8, 4) is 0 Å². The molecule has 54 heavy (non-hydrogen) atoms. The quantitative estimate of drug-likeness (QED) is 0.0191. The van der Waals surface area contributed by atoms with E-state index in [9.17, 15) is 48.3 Å². The van der Waals surface area contributed by atoms with Gasteiger partial charge in [0.2, 0.25) is 47.3 Å². The van der Waals surface area contributed by atoms with E-state index in [0.29, 0.717) is 25.8 Å². The highest BCUT2D eigenvalue weighted by Crippen LogP contribution is 2.07. The van der Waals surface area contributed by atoms with E-state index >= 15 is 0 Å². The molecule has 0 aromatic carbocycles. The molecule has 22 N–H and O–H groups in total. The number of guanidine groups is 1. The lowest BCUT2D eigenvalue weighted by Gasteiger charge is -2.27. The summed E-state index contributed by atoms with van der Waals surface area (Å²) >= 11 is 0. The Bertz CT molecular complexity index is 1330. The lowest BCUT2D eigenvalue weighted by Crippen LogP contribution is -2.60. The van der Waals surface area contributed by atoms with Gasteiger partial charge in [0.1, 0.15) is 30.2 Å². The summed E-state index contributed by atoms with van der Waals surface area (Å²) in [6.07, 6.45) is -0.325. The van der Waals surface area contributed by atoms with Crippen LogP contribution >= 0.6 is 0 Å². The number of carboxylic acids is 1. The van der Waals surface area contributed by atoms with E-state index in [1.54, 1.807) is 0 Å². The SMILES string of the molecule is N=C(N)NCCC[C@H](NC(=O)[C@@H](N)CCCCN)C(=O)N[C@@H](CC(N)=O)C(=O)N[C@@H](CCCCN)C(=O)N[C@@H](CC(N)=O)C(=O)N[C@@H](CC(N)=O)C(=O)O. The zero-order valence-corrected chi connectivity index (χ0v) is 30.0. The van der Waals surface area contributed by atoms with Crippen LogP contribution < -0.4 is 72.0 Å². The maximum absolute atomic E-state index is 13.6. The van der Waals surface area contributed by atoms with Crippen molar-refractivity contribution in [2.24, 2.45) is 40.1 Å². The minimum absolute atomic E-state index is 0.0338. The highest BCUT2D eigenvalue weighted by atomic mass is 16.4. The second-order valence-electron chi connectivity index (χ2n) is 12.3. The van der Waals surface area contributed by atoms with Crippen molar-refractivity contribution in [2.75, 3.05) is 19.6 Å². The van der Waals surface area contributed by atoms with Gasteiger partial charge < -0.3 is 77.1 Å². The Morgan fingerprint density at radius 3 is 1.26 bits per heavy atom. The number of unbranched alkanes of at least 4 members (excludes halogenated alkanes) is 2. The number of rotatable bonds is 29. The van der Waals surface area contributed by atoms with Gasteiger partial charge in [0.05, 0.1) is 25.3 Å². The van der Waals surface area contributed by atoms with Gasteiger partial charge in [0.15, 0.2) is 5.96 Å². The molecule has 0 heterocycles. The number of amides is 8. The molecule has 0 aromatic rings. The van der Waals surface area contributed by atoms with Gasteiger partial charge in [-0.15, -0.1) is 0 Å². The molecule has 0 aliphatic rings. The number of carbonyl (C=O) groups is 9. The third-order valence-electron chi connectivity index (χ3n) is 7.60. The minimum Gasteiger partial charge on any atom is -0.480 e. The summed E-state index contributed by atoms with van der Waals surface area (Å²) in [4.78, 5) is 113. The van der Waals surface area contributed by atoms with Crippen LogP contribution in [0.3, 0.4) is 0 Å². The zero-order chi connectivity index (χ0) is 41.4. The van der Waals surface area contributed by atoms with Crippen molar-refractivity contribution in [1.29, 1.82) is 5.41 Å². The topological polar surface area (TPSA) is 452 Å². The average Bonchev–Trinajstić information content (AvgIpc) is 3.07. The Morgan fingerprint density at radius 2 is 0.852 bits per heavy atom. The molecule has 0 rings (SSSR count). The Kier molecular flexibility index (Phi) is 23.5. The van der Waals surface area contributed by atoms with E-state index in [1.807, 2.05) is 5.32 Å². The highest BCUT2D eigenvalue weighted by molar-refractivity contribution is 5.99. The maximum Gasteiger partial charge on any atom is 0.326 e. The molecule has 0 aliphatic carbocycles. The normalized spacial score (nSPS) is 14.1. The largest absolute Gasteiger partial charge is 0.480 e. The van der Waals surface area contributed by atoms with Crippen LogP contribution in [0.2, 0.25) is 0 Å². The third kappa shape index (κ3) is 21.0. The monoisotopic (exact) mass is 772 g/mol. The first-order valence-corrected chi connectivity index (χ1v) is 17.2. The van der Waals surface area contributed by atoms with Crippen molar-refractivity contribution >= 4 is 59.2 Å². The number of primary amides is 3. The zero-order valence-electron chi connectivity index (χ0n) is 30.0. The van der Waals surface area contributed by atoms with Gasteiger partial charge in [0.25, 0.3) is 0 Å². The highest BCUT2D eigenvalue weighted by Gasteiger charge is 2.34. The van der Waals surface area contributed by atoms with Crippen LogP contribution in [-0.4, -0.2) is 120 Å². The fourth-order valence-electron chi connectivity index (χ4n) is 4.79. The number of hydrogen-bond donors (Lipinski definition) is 15. The molecule has 0 unspecified atom stereocenters. The standard InChI is InChI=1S/C30H56N14O10/c31-9-3-1-6-15(33)24(48)40-17(8-5-11-39-30(37)38)26(50)42-18(12-21(34)45)27(51)41-16(7-2-4-10-32)25(49)43-19(13-22(35)46)28(52)44-20(29(53)54)14-23(36)47/h15-20H,1-14,31-33H2,(H2,34,45)(H2,35,46)(H2,36,47)(H,40,48)(H,41,51)(H,42,50)(H,43,49)(H,44,52)(H,53,54)(H4,37,38,39)/t15-,16-,17-,18-,19-,20-/m0/s1. The summed E-state index contributed by atoms with van der Waals surface area (Å²) in [5.74, 6) is -10.1. The molecule has 306 valence electrons. The molecular formula is C30H56N14O10. The number of carboxylic acid groups (broad SMARTS) is 1. The summed E-state index contributed by atoms with van der Waals surface area (Å²) in [6.45, 7) is 0.715. The van der Waals surface area contributed by atoms with Crippen molar-refractivity contribution in [3.63, 3.8) is 0 Å². The van der Waals surface area contributed by atoms with Gasteiger partial charge in [-0.2, -0.15) is 0 Å². The van der Waals surface area contributed by atoms with Crippen LogP contribution in [0.15, 0.2) is 0 Å². The number of carbonyl (C=O) groups excluding carboxylic acids is 8. The first-order valence-electron chi connectivity index (χ1n) is 17.2. The molecule has 0 saturated heterocycles. The van der Waals surface area contributed by atoms with E-state index in [4.69, 9.17) is 45.5 Å². The fourth-order valence-corrected chi connectivity index (χ4v) is 4.79. The molecule has 6 atom stereocenters. The minimum atomic E-state index is -1.81. The molecule has 0 spiro atoms. The van der Waals surface area contributed by atoms with E-state index < -0.39 is 109 Å². The first-order chi connectivity index (χ1) is 25.3. The van der Waals surface area contributed by atoms with E-state index in [0.717, 1.165) is 0 Å². The summed E-state index contributed by atoms with van der Waals surface area (Å²) in [7, 11) is 0. The van der Waals surface area contributed by atoms with E-state index in [2.05, 4.69) is 26.6 Å². The van der Waals surface area contributed by atoms with Crippen LogP contribution in [0.25, 0.3) is 0 Å². The number of aliphatic carboxylic acids is 1. The van der Waals surface area contributed by atoms with Crippen LogP contribution in [0.1, 0.15) is 70.6 Å². The molecular weight excluding hydrogens is 716 g/mol. The van der Waals surface area contributed by atoms with Crippen LogP contribution in [0, 0.1) is 5.41 Å². The Balaban J connectivity index is 6.26. The molecule has 24 heteroatoms. The second kappa shape index (κ2) is 26.2. The van der Waals surface area contributed by atoms with Crippen LogP contribution in [0.4, 0.5) is 0 Å². The van der Waals surface area contributed by atoms with Crippen molar-refractivity contribution in [3.05, 3.63) is 0 Å². The number of nitrogens with two attached hydrogens (primary N) is 7. The molecule has 0 bridgehead atoms. The second-order valence-corrected chi connectivity index (χ2v) is 12.3. The Hall–Kier alpha value is -5.62. The van der Waals surface area contributed by atoms with Gasteiger partial charge in [0, 0.05) is 6.54 Å². The smallest absolute Gasteiger partial charge is 0.326 e. The molecule has 8 amide bonds. The summed E-state index contributed by atoms with van der Waals surface area (Å²) < 4.78 is 0. The summed E-state index contributed by atoms with van der Waals surface area (Å²) in [5, 5.41) is 30.7. The number of nitrogens with one attached hydrogen (secondary N) is 7. The maximum atomic E-state index is 13.6. The third-order valence-corrected chi connectivity index (χ3v) is 7.60. The first kappa shape index (κ1) is 48.4. The van der Waals surface area contributed by atoms with Gasteiger partial charge in [-0.25, -0.2) is 4.79 Å². The lowest BCUT2D eigenvalue weighted by molar-refractivity contribution is -0.144. The Morgan fingerprint density at radius 1 is 0.500 bits per heavy atom. The van der Waals surface area contributed by atoms with Crippen molar-refractivity contribution < 1.29 is 48.3 Å².